The van der Waals surface area contributed by atoms with E-state index in [1.54, 1.807) is 23.0 Å². The Morgan fingerprint density at radius 2 is 1.79 bits per heavy atom. The van der Waals surface area contributed by atoms with Crippen molar-refractivity contribution in [2.75, 3.05) is 5.32 Å². The van der Waals surface area contributed by atoms with Crippen molar-refractivity contribution in [1.82, 2.24) is 14.8 Å². The van der Waals surface area contributed by atoms with Crippen LogP contribution >= 0.6 is 11.6 Å². The minimum Gasteiger partial charge on any atom is -0.444 e. The first-order valence-corrected chi connectivity index (χ1v) is 9.03. The van der Waals surface area contributed by atoms with Crippen molar-refractivity contribution >= 4 is 23.2 Å². The van der Waals surface area contributed by atoms with Crippen molar-refractivity contribution in [1.29, 1.82) is 0 Å². The van der Waals surface area contributed by atoms with Gasteiger partial charge in [-0.25, -0.2) is 9.67 Å². The number of oxazole rings is 1. The molecule has 0 bridgehead atoms. The van der Waals surface area contributed by atoms with E-state index in [0.29, 0.717) is 22.0 Å². The van der Waals surface area contributed by atoms with Gasteiger partial charge in [-0.15, -0.1) is 0 Å². The topological polar surface area (TPSA) is 73.0 Å². The lowest BCUT2D eigenvalue weighted by molar-refractivity contribution is 0.102. The number of amides is 1. The Balaban J connectivity index is 1.48. The van der Waals surface area contributed by atoms with Gasteiger partial charge in [-0.3, -0.25) is 4.79 Å². The van der Waals surface area contributed by atoms with Gasteiger partial charge in [-0.2, -0.15) is 5.10 Å². The Morgan fingerprint density at radius 3 is 2.36 bits per heavy atom. The maximum absolute atomic E-state index is 12.5. The first-order chi connectivity index (χ1) is 13.5. The van der Waals surface area contributed by atoms with Crippen LogP contribution in [-0.4, -0.2) is 20.7 Å². The van der Waals surface area contributed by atoms with Crippen LogP contribution in [0.2, 0.25) is 5.02 Å². The molecular weight excluding hydrogens is 376 g/mol. The Morgan fingerprint density at radius 1 is 1.07 bits per heavy atom. The molecular formula is C21H17ClN4O2. The maximum Gasteiger partial charge on any atom is 0.255 e. The van der Waals surface area contributed by atoms with Crippen LogP contribution in [0.3, 0.4) is 0 Å². The fourth-order valence-corrected chi connectivity index (χ4v) is 3.03. The van der Waals surface area contributed by atoms with Crippen LogP contribution in [0.15, 0.2) is 65.5 Å². The average Bonchev–Trinajstić information content (AvgIpc) is 3.34. The third-order valence-electron chi connectivity index (χ3n) is 4.44. The fraction of sp³-hybridized carbons (Fsp3) is 0.0952. The summed E-state index contributed by atoms with van der Waals surface area (Å²) in [6.07, 6.45) is 3.03. The van der Waals surface area contributed by atoms with E-state index in [-0.39, 0.29) is 5.91 Å². The molecule has 2 heterocycles. The monoisotopic (exact) mass is 392 g/mol. The van der Waals surface area contributed by atoms with Crippen LogP contribution in [0.4, 0.5) is 5.69 Å². The molecule has 0 fully saturated rings. The van der Waals surface area contributed by atoms with Gasteiger partial charge in [0.25, 0.3) is 5.91 Å². The van der Waals surface area contributed by atoms with Crippen molar-refractivity contribution in [3.63, 3.8) is 0 Å². The number of aryl methyl sites for hydroxylation is 1. The lowest BCUT2D eigenvalue weighted by Crippen LogP contribution is -2.12. The number of hydrogen-bond donors (Lipinski definition) is 1. The van der Waals surface area contributed by atoms with Crippen LogP contribution in [0.1, 0.15) is 21.7 Å². The van der Waals surface area contributed by atoms with E-state index in [9.17, 15) is 4.79 Å². The Labute approximate surface area is 166 Å². The summed E-state index contributed by atoms with van der Waals surface area (Å²) in [5.41, 5.74) is 4.63. The number of halogens is 1. The molecule has 0 atom stereocenters. The number of nitrogens with zero attached hydrogens (tertiary/aromatic N) is 3. The molecule has 4 rings (SSSR count). The summed E-state index contributed by atoms with van der Waals surface area (Å²) in [5.74, 6) is 0.489. The van der Waals surface area contributed by atoms with E-state index >= 15 is 0 Å². The number of carbonyl (C=O) groups excluding carboxylic acids is 1. The summed E-state index contributed by atoms with van der Waals surface area (Å²) in [6.45, 7) is 3.77. The molecule has 140 valence electrons. The third-order valence-corrected chi connectivity index (χ3v) is 4.98. The molecule has 1 N–H and O–H groups in total. The summed E-state index contributed by atoms with van der Waals surface area (Å²) in [7, 11) is 0. The van der Waals surface area contributed by atoms with Crippen molar-refractivity contribution in [3.8, 4) is 17.0 Å². The summed E-state index contributed by atoms with van der Waals surface area (Å²) >= 11 is 6.21. The Bertz CT molecular complexity index is 1110. The summed E-state index contributed by atoms with van der Waals surface area (Å²) in [4.78, 5) is 16.4. The number of nitrogens with one attached hydrogen (secondary N) is 1. The van der Waals surface area contributed by atoms with E-state index in [2.05, 4.69) is 15.4 Å². The zero-order valence-electron chi connectivity index (χ0n) is 15.3. The maximum atomic E-state index is 12.5. The number of benzene rings is 2. The molecule has 0 aliphatic heterocycles. The molecule has 4 aromatic rings. The largest absolute Gasteiger partial charge is 0.444 e. The Kier molecular flexibility index (Phi) is 4.71. The van der Waals surface area contributed by atoms with Gasteiger partial charge in [0.05, 0.1) is 28.3 Å². The quantitative estimate of drug-likeness (QED) is 0.527. The van der Waals surface area contributed by atoms with E-state index in [1.807, 2.05) is 50.2 Å². The molecule has 6 nitrogen and oxygen atoms in total. The minimum atomic E-state index is -0.189. The zero-order chi connectivity index (χ0) is 19.7. The molecule has 1 amide bonds. The smallest absolute Gasteiger partial charge is 0.255 e. The molecule has 28 heavy (non-hydrogen) atoms. The fourth-order valence-electron chi connectivity index (χ4n) is 2.91. The highest BCUT2D eigenvalue weighted by Crippen LogP contribution is 2.23. The van der Waals surface area contributed by atoms with Crippen LogP contribution in [0, 0.1) is 13.8 Å². The van der Waals surface area contributed by atoms with E-state index < -0.39 is 0 Å². The lowest BCUT2D eigenvalue weighted by atomic mass is 10.1. The molecule has 7 heteroatoms. The summed E-state index contributed by atoms with van der Waals surface area (Å²) in [5, 5.41) is 7.96. The van der Waals surface area contributed by atoms with Crippen LogP contribution in [0.25, 0.3) is 17.0 Å². The van der Waals surface area contributed by atoms with Crippen LogP contribution < -0.4 is 5.32 Å². The van der Waals surface area contributed by atoms with E-state index in [4.69, 9.17) is 16.0 Å². The van der Waals surface area contributed by atoms with Gasteiger partial charge >= 0.3 is 0 Å². The second-order valence-corrected chi connectivity index (χ2v) is 6.72. The third kappa shape index (κ3) is 3.42. The van der Waals surface area contributed by atoms with Crippen molar-refractivity contribution < 1.29 is 9.21 Å². The SMILES string of the molecule is Cc1nn(-c2ccc(C(=O)Nc3ccc(-c4cnco4)cc3)cc2)c(C)c1Cl. The normalized spacial score (nSPS) is 10.8. The highest BCUT2D eigenvalue weighted by atomic mass is 35.5. The van der Waals surface area contributed by atoms with Gasteiger partial charge in [-0.1, -0.05) is 11.6 Å². The summed E-state index contributed by atoms with van der Waals surface area (Å²) < 4.78 is 7.03. The van der Waals surface area contributed by atoms with Crippen LogP contribution in [-0.2, 0) is 0 Å². The molecule has 0 unspecified atom stereocenters. The molecule has 0 aliphatic rings. The second-order valence-electron chi connectivity index (χ2n) is 6.34. The lowest BCUT2D eigenvalue weighted by Gasteiger charge is -2.08. The first kappa shape index (κ1) is 18.0. The molecule has 0 aliphatic carbocycles. The predicted octanol–water partition coefficient (Wildman–Crippen LogP) is 5.05. The number of anilines is 1. The molecule has 0 saturated heterocycles. The van der Waals surface area contributed by atoms with Crippen molar-refractivity contribution in [3.05, 3.63) is 83.1 Å². The molecule has 0 spiro atoms. The van der Waals surface area contributed by atoms with Crippen LogP contribution in [0.5, 0.6) is 0 Å². The molecule has 2 aromatic carbocycles. The van der Waals surface area contributed by atoms with Gasteiger partial charge < -0.3 is 9.73 Å². The molecule has 0 radical (unpaired) electrons. The predicted molar refractivity (Wildman–Crippen MR) is 108 cm³/mol. The van der Waals surface area contributed by atoms with E-state index in [0.717, 1.165) is 22.6 Å². The van der Waals surface area contributed by atoms with Crippen molar-refractivity contribution in [2.24, 2.45) is 0 Å². The highest BCUT2D eigenvalue weighted by molar-refractivity contribution is 6.31. The van der Waals surface area contributed by atoms with Gasteiger partial charge in [0.2, 0.25) is 0 Å². The minimum absolute atomic E-state index is 0.189. The standard InChI is InChI=1S/C21H17ClN4O2/c1-13-20(22)14(2)26(25-13)18-9-5-16(6-10-18)21(27)24-17-7-3-15(4-8-17)19-11-23-12-28-19/h3-12H,1-2H3,(H,24,27). The van der Waals surface area contributed by atoms with Gasteiger partial charge in [-0.05, 0) is 62.4 Å². The number of aromatic nitrogens is 3. The molecule has 0 saturated carbocycles. The number of carbonyl (C=O) groups is 1. The highest BCUT2D eigenvalue weighted by Gasteiger charge is 2.12. The Hall–Kier alpha value is -3.38. The number of hydrogen-bond acceptors (Lipinski definition) is 4. The average molecular weight is 393 g/mol. The first-order valence-electron chi connectivity index (χ1n) is 8.65. The van der Waals surface area contributed by atoms with Gasteiger partial charge in [0.1, 0.15) is 0 Å². The number of rotatable bonds is 4. The molecule has 2 aromatic heterocycles. The van der Waals surface area contributed by atoms with Crippen molar-refractivity contribution in [2.45, 2.75) is 13.8 Å². The zero-order valence-corrected chi connectivity index (χ0v) is 16.1. The van der Waals surface area contributed by atoms with E-state index in [1.165, 1.54) is 6.39 Å². The van der Waals surface area contributed by atoms with Gasteiger partial charge in [0, 0.05) is 16.8 Å². The summed E-state index contributed by atoms with van der Waals surface area (Å²) in [6, 6.07) is 14.6. The van der Waals surface area contributed by atoms with Gasteiger partial charge in [0.15, 0.2) is 12.2 Å². The second kappa shape index (κ2) is 7.32.